The van der Waals surface area contributed by atoms with Crippen molar-refractivity contribution in [1.29, 1.82) is 0 Å². The molecule has 2 aromatic rings. The van der Waals surface area contributed by atoms with Crippen molar-refractivity contribution in [1.82, 2.24) is 0 Å². The van der Waals surface area contributed by atoms with E-state index in [1.54, 1.807) is 6.92 Å². The van der Waals surface area contributed by atoms with Gasteiger partial charge in [0, 0.05) is 5.56 Å². The molecule has 0 amide bonds. The summed E-state index contributed by atoms with van der Waals surface area (Å²) in [5.41, 5.74) is 3.41. The molecule has 0 aliphatic carbocycles. The standard InChI is InChI=1S/C18H22O/c1-11(2)15-7-6-8-16-17(12(3)4)9-14(13(5)19)10-18(15)16/h6-12H,1-5H3. The SMILES string of the molecule is CC(=O)c1cc(C(C)C)c2cccc(C(C)C)c2c1. The molecule has 0 aromatic heterocycles. The van der Waals surface area contributed by atoms with Crippen LogP contribution in [0.2, 0.25) is 0 Å². The normalized spacial score (nSPS) is 11.5. The molecule has 0 unspecified atom stereocenters. The van der Waals surface area contributed by atoms with E-state index in [2.05, 4.69) is 58.0 Å². The fraction of sp³-hybridized carbons (Fsp3) is 0.389. The molecule has 0 bridgehead atoms. The molecule has 0 spiro atoms. The quantitative estimate of drug-likeness (QED) is 0.680. The minimum atomic E-state index is 0.141. The molecule has 1 nitrogen and oxygen atoms in total. The Kier molecular flexibility index (Phi) is 3.75. The van der Waals surface area contributed by atoms with Crippen LogP contribution in [0, 0.1) is 0 Å². The molecule has 100 valence electrons. The maximum Gasteiger partial charge on any atom is 0.159 e. The monoisotopic (exact) mass is 254 g/mol. The molecule has 0 atom stereocenters. The lowest BCUT2D eigenvalue weighted by Crippen LogP contribution is -2.00. The highest BCUT2D eigenvalue weighted by Gasteiger charge is 2.13. The highest BCUT2D eigenvalue weighted by Crippen LogP contribution is 2.32. The van der Waals surface area contributed by atoms with Gasteiger partial charge in [-0.1, -0.05) is 45.9 Å². The van der Waals surface area contributed by atoms with Crippen LogP contribution in [-0.2, 0) is 0 Å². The molecule has 2 aromatic carbocycles. The van der Waals surface area contributed by atoms with Crippen LogP contribution in [0.1, 0.15) is 67.9 Å². The van der Waals surface area contributed by atoms with Gasteiger partial charge in [0.15, 0.2) is 5.78 Å². The average Bonchev–Trinajstić information content (AvgIpc) is 2.36. The number of rotatable bonds is 3. The Labute approximate surface area is 115 Å². The Morgan fingerprint density at radius 3 is 2.05 bits per heavy atom. The topological polar surface area (TPSA) is 17.1 Å². The van der Waals surface area contributed by atoms with Gasteiger partial charge in [0.2, 0.25) is 0 Å². The van der Waals surface area contributed by atoms with Gasteiger partial charge in [-0.05, 0) is 52.8 Å². The van der Waals surface area contributed by atoms with Gasteiger partial charge < -0.3 is 0 Å². The minimum absolute atomic E-state index is 0.141. The number of fused-ring (bicyclic) bond motifs is 1. The van der Waals surface area contributed by atoms with Gasteiger partial charge in [-0.15, -0.1) is 0 Å². The molecule has 0 aliphatic heterocycles. The highest BCUT2D eigenvalue weighted by molar-refractivity contribution is 6.00. The Balaban J connectivity index is 2.87. The zero-order chi connectivity index (χ0) is 14.2. The van der Waals surface area contributed by atoms with E-state index in [0.29, 0.717) is 11.8 Å². The van der Waals surface area contributed by atoms with Gasteiger partial charge in [0.25, 0.3) is 0 Å². The Morgan fingerprint density at radius 1 is 0.895 bits per heavy atom. The second kappa shape index (κ2) is 5.16. The first-order valence-electron chi connectivity index (χ1n) is 6.99. The van der Waals surface area contributed by atoms with E-state index in [1.807, 2.05) is 0 Å². The Morgan fingerprint density at radius 2 is 1.53 bits per heavy atom. The molecule has 19 heavy (non-hydrogen) atoms. The third-order valence-electron chi connectivity index (χ3n) is 3.71. The largest absolute Gasteiger partial charge is 0.295 e. The van der Waals surface area contributed by atoms with Crippen molar-refractivity contribution in [3.8, 4) is 0 Å². The summed E-state index contributed by atoms with van der Waals surface area (Å²) < 4.78 is 0. The third-order valence-corrected chi connectivity index (χ3v) is 3.71. The summed E-state index contributed by atoms with van der Waals surface area (Å²) in [5, 5.41) is 2.51. The summed E-state index contributed by atoms with van der Waals surface area (Å²) >= 11 is 0. The van der Waals surface area contributed by atoms with Gasteiger partial charge in [-0.2, -0.15) is 0 Å². The second-order valence-electron chi connectivity index (χ2n) is 5.87. The Hall–Kier alpha value is -1.63. The maximum atomic E-state index is 11.7. The van der Waals surface area contributed by atoms with Gasteiger partial charge in [-0.25, -0.2) is 0 Å². The van der Waals surface area contributed by atoms with Gasteiger partial charge >= 0.3 is 0 Å². The van der Waals surface area contributed by atoms with Crippen LogP contribution in [0.25, 0.3) is 10.8 Å². The number of ketones is 1. The lowest BCUT2D eigenvalue weighted by atomic mass is 9.88. The van der Waals surface area contributed by atoms with Crippen molar-refractivity contribution < 1.29 is 4.79 Å². The van der Waals surface area contributed by atoms with Crippen molar-refractivity contribution >= 4 is 16.6 Å². The summed E-state index contributed by atoms with van der Waals surface area (Å²) in [4.78, 5) is 11.7. The molecule has 0 saturated carbocycles. The molecule has 0 N–H and O–H groups in total. The van der Waals surface area contributed by atoms with Crippen molar-refractivity contribution in [3.05, 3.63) is 47.0 Å². The van der Waals surface area contributed by atoms with E-state index in [-0.39, 0.29) is 5.78 Å². The number of carbonyl (C=O) groups excluding carboxylic acids is 1. The van der Waals surface area contributed by atoms with Crippen molar-refractivity contribution in [2.75, 3.05) is 0 Å². The van der Waals surface area contributed by atoms with Crippen LogP contribution < -0.4 is 0 Å². The number of Topliss-reactive ketones (excluding diaryl/α,β-unsaturated/α-hetero) is 1. The number of hydrogen-bond donors (Lipinski definition) is 0. The lowest BCUT2D eigenvalue weighted by Gasteiger charge is -2.16. The zero-order valence-corrected chi connectivity index (χ0v) is 12.4. The van der Waals surface area contributed by atoms with Crippen LogP contribution in [0.4, 0.5) is 0 Å². The van der Waals surface area contributed by atoms with Gasteiger partial charge in [-0.3, -0.25) is 4.79 Å². The lowest BCUT2D eigenvalue weighted by molar-refractivity contribution is 0.101. The van der Waals surface area contributed by atoms with Gasteiger partial charge in [0.05, 0.1) is 0 Å². The van der Waals surface area contributed by atoms with Crippen LogP contribution in [0.5, 0.6) is 0 Å². The van der Waals surface area contributed by atoms with Crippen molar-refractivity contribution in [3.63, 3.8) is 0 Å². The predicted octanol–water partition coefficient (Wildman–Crippen LogP) is 5.29. The van der Waals surface area contributed by atoms with E-state index >= 15 is 0 Å². The van der Waals surface area contributed by atoms with Crippen LogP contribution >= 0.6 is 0 Å². The number of benzene rings is 2. The first kappa shape index (κ1) is 13.8. The summed E-state index contributed by atoms with van der Waals surface area (Å²) in [6.07, 6.45) is 0. The fourth-order valence-electron chi connectivity index (χ4n) is 2.62. The van der Waals surface area contributed by atoms with Gasteiger partial charge in [0.1, 0.15) is 0 Å². The average molecular weight is 254 g/mol. The fourth-order valence-corrected chi connectivity index (χ4v) is 2.62. The molecule has 1 heteroatoms. The summed E-state index contributed by atoms with van der Waals surface area (Å²) in [6, 6.07) is 10.6. The molecule has 0 saturated heterocycles. The smallest absolute Gasteiger partial charge is 0.159 e. The predicted molar refractivity (Wildman–Crippen MR) is 82.1 cm³/mol. The molecular weight excluding hydrogens is 232 g/mol. The summed E-state index contributed by atoms with van der Waals surface area (Å²) in [5.74, 6) is 1.03. The first-order valence-corrected chi connectivity index (χ1v) is 6.99. The summed E-state index contributed by atoms with van der Waals surface area (Å²) in [6.45, 7) is 10.4. The molecular formula is C18H22O. The van der Waals surface area contributed by atoms with Crippen LogP contribution in [0.3, 0.4) is 0 Å². The molecule has 0 aliphatic rings. The number of hydrogen-bond acceptors (Lipinski definition) is 1. The minimum Gasteiger partial charge on any atom is -0.295 e. The first-order chi connectivity index (χ1) is 8.91. The molecule has 0 fully saturated rings. The molecule has 2 rings (SSSR count). The van der Waals surface area contributed by atoms with E-state index in [0.717, 1.165) is 5.56 Å². The third kappa shape index (κ3) is 2.56. The maximum absolute atomic E-state index is 11.7. The summed E-state index contributed by atoms with van der Waals surface area (Å²) in [7, 11) is 0. The van der Waals surface area contributed by atoms with Crippen molar-refractivity contribution in [2.45, 2.75) is 46.5 Å². The van der Waals surface area contributed by atoms with E-state index in [4.69, 9.17) is 0 Å². The Bertz CT molecular complexity index is 621. The van der Waals surface area contributed by atoms with E-state index < -0.39 is 0 Å². The van der Waals surface area contributed by atoms with E-state index in [9.17, 15) is 4.79 Å². The zero-order valence-electron chi connectivity index (χ0n) is 12.4. The number of carbonyl (C=O) groups is 1. The second-order valence-corrected chi connectivity index (χ2v) is 5.87. The van der Waals surface area contributed by atoms with Crippen LogP contribution in [0.15, 0.2) is 30.3 Å². The molecule has 0 radical (unpaired) electrons. The molecule has 0 heterocycles. The van der Waals surface area contributed by atoms with Crippen LogP contribution in [-0.4, -0.2) is 5.78 Å². The van der Waals surface area contributed by atoms with Crippen molar-refractivity contribution in [2.24, 2.45) is 0 Å². The highest BCUT2D eigenvalue weighted by atomic mass is 16.1. The van der Waals surface area contributed by atoms with E-state index in [1.165, 1.54) is 21.9 Å².